The number of sulfonamides is 1. The Morgan fingerprint density at radius 2 is 2.33 bits per heavy atom. The Kier molecular flexibility index (Phi) is 4.24. The quantitative estimate of drug-likeness (QED) is 0.839. The van der Waals surface area contributed by atoms with Gasteiger partial charge in [-0.05, 0) is 52.2 Å². The third-order valence-corrected chi connectivity index (χ3v) is 6.87. The molecule has 2 aromatic heterocycles. The summed E-state index contributed by atoms with van der Waals surface area (Å²) in [6.07, 6.45) is 2.82. The molecule has 2 heterocycles. The Hall–Kier alpha value is -0.670. The maximum absolute atomic E-state index is 12.5. The molecule has 8 heteroatoms. The van der Waals surface area contributed by atoms with Crippen LogP contribution < -0.4 is 10.5 Å². The van der Waals surface area contributed by atoms with Gasteiger partial charge in [0.05, 0.1) is 6.54 Å². The van der Waals surface area contributed by atoms with Gasteiger partial charge in [0.25, 0.3) is 0 Å². The molecule has 0 aliphatic heterocycles. The summed E-state index contributed by atoms with van der Waals surface area (Å²) < 4.78 is 33.3. The summed E-state index contributed by atoms with van der Waals surface area (Å²) in [7, 11) is -3.64. The van der Waals surface area contributed by atoms with Crippen molar-refractivity contribution >= 4 is 37.3 Å². The molecule has 0 amide bonds. The SMILES string of the molecule is NCc1cc(S(=O)(=O)NC2CCCc3sccc32)c(Br)o1. The maximum Gasteiger partial charge on any atom is 0.245 e. The van der Waals surface area contributed by atoms with Gasteiger partial charge >= 0.3 is 0 Å². The van der Waals surface area contributed by atoms with Crippen molar-refractivity contribution in [2.24, 2.45) is 5.73 Å². The zero-order chi connectivity index (χ0) is 15.0. The second-order valence-corrected chi connectivity index (χ2v) is 8.32. The van der Waals surface area contributed by atoms with E-state index >= 15 is 0 Å². The number of fused-ring (bicyclic) bond motifs is 1. The molecule has 0 saturated carbocycles. The maximum atomic E-state index is 12.5. The number of thiophene rings is 1. The third kappa shape index (κ3) is 2.95. The lowest BCUT2D eigenvalue weighted by atomic mass is 9.95. The number of hydrogen-bond acceptors (Lipinski definition) is 5. The normalized spacial score (nSPS) is 18.7. The first-order chi connectivity index (χ1) is 10.0. The molecular formula is C13H15BrN2O3S2. The molecule has 3 rings (SSSR count). The van der Waals surface area contributed by atoms with E-state index in [1.807, 2.05) is 11.4 Å². The molecular weight excluding hydrogens is 376 g/mol. The summed E-state index contributed by atoms with van der Waals surface area (Å²) in [5.41, 5.74) is 6.57. The molecule has 114 valence electrons. The van der Waals surface area contributed by atoms with E-state index in [2.05, 4.69) is 20.7 Å². The Bertz CT molecular complexity index is 751. The molecule has 0 fully saturated rings. The van der Waals surface area contributed by atoms with E-state index in [0.29, 0.717) is 5.76 Å². The van der Waals surface area contributed by atoms with Gasteiger partial charge in [0.2, 0.25) is 10.0 Å². The molecule has 1 atom stereocenters. The summed E-state index contributed by atoms with van der Waals surface area (Å²) in [4.78, 5) is 1.37. The summed E-state index contributed by atoms with van der Waals surface area (Å²) >= 11 is 4.83. The molecule has 3 N–H and O–H groups in total. The molecule has 0 aromatic carbocycles. The van der Waals surface area contributed by atoms with Gasteiger partial charge < -0.3 is 10.2 Å². The molecule has 0 spiro atoms. The van der Waals surface area contributed by atoms with Crippen LogP contribution in [-0.4, -0.2) is 8.42 Å². The average molecular weight is 391 g/mol. The van der Waals surface area contributed by atoms with E-state index in [1.54, 1.807) is 11.3 Å². The molecule has 0 bridgehead atoms. The Balaban J connectivity index is 1.89. The van der Waals surface area contributed by atoms with Crippen LogP contribution in [-0.2, 0) is 23.0 Å². The summed E-state index contributed by atoms with van der Waals surface area (Å²) in [5.74, 6) is 0.433. The van der Waals surface area contributed by atoms with Crippen molar-refractivity contribution in [3.05, 3.63) is 38.4 Å². The van der Waals surface area contributed by atoms with Crippen molar-refractivity contribution in [1.29, 1.82) is 0 Å². The zero-order valence-corrected chi connectivity index (χ0v) is 14.4. The largest absolute Gasteiger partial charge is 0.452 e. The van der Waals surface area contributed by atoms with Crippen LogP contribution in [0.25, 0.3) is 0 Å². The summed E-state index contributed by atoms with van der Waals surface area (Å²) in [6, 6.07) is 3.29. The van der Waals surface area contributed by atoms with Crippen molar-refractivity contribution in [3.8, 4) is 0 Å². The fourth-order valence-corrected chi connectivity index (χ4v) is 5.78. The van der Waals surface area contributed by atoms with Crippen molar-refractivity contribution < 1.29 is 12.8 Å². The Morgan fingerprint density at radius 3 is 3.05 bits per heavy atom. The van der Waals surface area contributed by atoms with Gasteiger partial charge in [0, 0.05) is 17.0 Å². The molecule has 21 heavy (non-hydrogen) atoms. The minimum atomic E-state index is -3.64. The standard InChI is InChI=1S/C13H15BrN2O3S2/c14-13-12(6-8(7-15)19-13)21(17,18)16-10-2-1-3-11-9(10)4-5-20-11/h4-6,10,16H,1-3,7,15H2. The van der Waals surface area contributed by atoms with Crippen LogP contribution in [0.3, 0.4) is 0 Å². The molecule has 0 saturated heterocycles. The van der Waals surface area contributed by atoms with Crippen molar-refractivity contribution in [1.82, 2.24) is 4.72 Å². The predicted octanol–water partition coefficient (Wildman–Crippen LogP) is 2.92. The minimum absolute atomic E-state index is 0.102. The van der Waals surface area contributed by atoms with Gasteiger partial charge in [0.1, 0.15) is 10.7 Å². The smallest absolute Gasteiger partial charge is 0.245 e. The molecule has 1 unspecified atom stereocenters. The fraction of sp³-hybridized carbons (Fsp3) is 0.385. The van der Waals surface area contributed by atoms with Crippen LogP contribution in [0.4, 0.5) is 0 Å². The molecule has 1 aliphatic rings. The zero-order valence-electron chi connectivity index (χ0n) is 11.1. The highest BCUT2D eigenvalue weighted by molar-refractivity contribution is 9.10. The predicted molar refractivity (Wildman–Crippen MR) is 84.6 cm³/mol. The van der Waals surface area contributed by atoms with E-state index in [4.69, 9.17) is 10.2 Å². The van der Waals surface area contributed by atoms with Crippen molar-refractivity contribution in [2.75, 3.05) is 0 Å². The topological polar surface area (TPSA) is 85.3 Å². The van der Waals surface area contributed by atoms with Crippen LogP contribution >= 0.6 is 27.3 Å². The van der Waals surface area contributed by atoms with Crippen molar-refractivity contribution in [2.45, 2.75) is 36.7 Å². The average Bonchev–Trinajstić information content (AvgIpc) is 3.05. The first kappa shape index (κ1) is 15.2. The van der Waals surface area contributed by atoms with Crippen LogP contribution in [0, 0.1) is 0 Å². The number of furan rings is 1. The first-order valence-electron chi connectivity index (χ1n) is 6.58. The van der Waals surface area contributed by atoms with Crippen LogP contribution in [0.5, 0.6) is 0 Å². The number of halogens is 1. The Morgan fingerprint density at radius 1 is 1.52 bits per heavy atom. The van der Waals surface area contributed by atoms with Gasteiger partial charge in [-0.1, -0.05) is 0 Å². The second-order valence-electron chi connectivity index (χ2n) is 4.92. The lowest BCUT2D eigenvalue weighted by Crippen LogP contribution is -2.30. The number of hydrogen-bond donors (Lipinski definition) is 2. The number of nitrogens with two attached hydrogens (primary N) is 1. The van der Waals surface area contributed by atoms with Crippen LogP contribution in [0.2, 0.25) is 0 Å². The fourth-order valence-electron chi connectivity index (χ4n) is 2.54. The first-order valence-corrected chi connectivity index (χ1v) is 9.73. The summed E-state index contributed by atoms with van der Waals surface area (Å²) in [6.45, 7) is 0.159. The lowest BCUT2D eigenvalue weighted by molar-refractivity contribution is 0.480. The van der Waals surface area contributed by atoms with E-state index in [0.717, 1.165) is 24.8 Å². The van der Waals surface area contributed by atoms with Gasteiger partial charge in [-0.15, -0.1) is 11.3 Å². The lowest BCUT2D eigenvalue weighted by Gasteiger charge is -2.23. The van der Waals surface area contributed by atoms with E-state index in [9.17, 15) is 8.42 Å². The molecule has 2 aromatic rings. The molecule has 5 nitrogen and oxygen atoms in total. The molecule has 0 radical (unpaired) electrons. The minimum Gasteiger partial charge on any atom is -0.452 e. The van der Waals surface area contributed by atoms with Gasteiger partial charge in [-0.3, -0.25) is 0 Å². The van der Waals surface area contributed by atoms with E-state index in [-0.39, 0.29) is 22.2 Å². The van der Waals surface area contributed by atoms with E-state index in [1.165, 1.54) is 10.9 Å². The van der Waals surface area contributed by atoms with Crippen LogP contribution in [0.1, 0.15) is 35.1 Å². The van der Waals surface area contributed by atoms with Gasteiger partial charge in [-0.25, -0.2) is 13.1 Å². The third-order valence-electron chi connectivity index (χ3n) is 3.55. The van der Waals surface area contributed by atoms with Crippen molar-refractivity contribution in [3.63, 3.8) is 0 Å². The van der Waals surface area contributed by atoms with Gasteiger partial charge in [-0.2, -0.15) is 0 Å². The highest BCUT2D eigenvalue weighted by Gasteiger charge is 2.29. The summed E-state index contributed by atoms with van der Waals surface area (Å²) in [5, 5.41) is 2.01. The van der Waals surface area contributed by atoms with Crippen LogP contribution in [0.15, 0.2) is 31.5 Å². The number of nitrogens with one attached hydrogen (secondary N) is 1. The molecule has 1 aliphatic carbocycles. The Labute approximate surface area is 135 Å². The number of aryl methyl sites for hydroxylation is 1. The highest BCUT2D eigenvalue weighted by Crippen LogP contribution is 2.35. The van der Waals surface area contributed by atoms with E-state index < -0.39 is 10.0 Å². The van der Waals surface area contributed by atoms with Gasteiger partial charge in [0.15, 0.2) is 4.67 Å². The monoisotopic (exact) mass is 390 g/mol. The highest BCUT2D eigenvalue weighted by atomic mass is 79.9. The number of rotatable bonds is 4. The second kappa shape index (κ2) is 5.85.